The van der Waals surface area contributed by atoms with Gasteiger partial charge < -0.3 is 0 Å². The summed E-state index contributed by atoms with van der Waals surface area (Å²) in [6.45, 7) is 6.52. The summed E-state index contributed by atoms with van der Waals surface area (Å²) in [7, 11) is 0. The highest BCUT2D eigenvalue weighted by atomic mass is 32.1. The highest BCUT2D eigenvalue weighted by Crippen LogP contribution is 2.25. The van der Waals surface area contributed by atoms with Gasteiger partial charge in [0, 0.05) is 12.1 Å². The van der Waals surface area contributed by atoms with Gasteiger partial charge in [0.25, 0.3) is 0 Å². The third-order valence-corrected chi connectivity index (χ3v) is 3.93. The van der Waals surface area contributed by atoms with Gasteiger partial charge >= 0.3 is 0 Å². The number of aryl methyl sites for hydroxylation is 1. The van der Waals surface area contributed by atoms with Crippen molar-refractivity contribution in [3.05, 3.63) is 17.6 Å². The Balaban J connectivity index is 1.91. The molecule has 0 amide bonds. The summed E-state index contributed by atoms with van der Waals surface area (Å²) >= 11 is 1.53. The zero-order chi connectivity index (χ0) is 14.1. The fourth-order valence-corrected chi connectivity index (χ4v) is 2.97. The van der Waals surface area contributed by atoms with Crippen molar-refractivity contribution in [2.24, 2.45) is 5.92 Å². The van der Waals surface area contributed by atoms with Crippen molar-refractivity contribution in [1.29, 1.82) is 0 Å². The van der Waals surface area contributed by atoms with Crippen LogP contribution in [0.3, 0.4) is 0 Å². The summed E-state index contributed by atoms with van der Waals surface area (Å²) < 4.78 is 1.83. The molecule has 0 atom stereocenters. The summed E-state index contributed by atoms with van der Waals surface area (Å²) in [5.41, 5.74) is 2.04. The number of aromatic amines is 1. The molecular formula is C13H18N6S. The Hall–Kier alpha value is -1.76. The topological polar surface area (TPSA) is 71.8 Å². The molecule has 3 aromatic rings. The zero-order valence-electron chi connectivity index (χ0n) is 11.9. The molecular weight excluding hydrogens is 272 g/mol. The van der Waals surface area contributed by atoms with Crippen LogP contribution in [-0.4, -0.2) is 30.0 Å². The maximum Gasteiger partial charge on any atom is 0.235 e. The second-order valence-electron chi connectivity index (χ2n) is 5.34. The van der Waals surface area contributed by atoms with Crippen molar-refractivity contribution in [2.45, 2.75) is 40.0 Å². The molecule has 0 spiro atoms. The van der Waals surface area contributed by atoms with E-state index in [2.05, 4.69) is 52.3 Å². The van der Waals surface area contributed by atoms with Gasteiger partial charge in [-0.25, -0.2) is 0 Å². The fraction of sp³-hybridized carbons (Fsp3) is 0.538. The largest absolute Gasteiger partial charge is 0.282 e. The highest BCUT2D eigenvalue weighted by molar-refractivity contribution is 7.19. The van der Waals surface area contributed by atoms with E-state index in [4.69, 9.17) is 0 Å². The van der Waals surface area contributed by atoms with E-state index >= 15 is 0 Å². The van der Waals surface area contributed by atoms with E-state index in [1.165, 1.54) is 11.3 Å². The van der Waals surface area contributed by atoms with E-state index in [1.54, 1.807) is 0 Å². The maximum atomic E-state index is 4.58. The first-order valence-electron chi connectivity index (χ1n) is 6.93. The van der Waals surface area contributed by atoms with Crippen molar-refractivity contribution < 1.29 is 0 Å². The summed E-state index contributed by atoms with van der Waals surface area (Å²) in [5, 5.41) is 21.2. The molecule has 1 N–H and O–H groups in total. The molecule has 3 rings (SSSR count). The minimum Gasteiger partial charge on any atom is -0.282 e. The first-order chi connectivity index (χ1) is 9.67. The van der Waals surface area contributed by atoms with Crippen molar-refractivity contribution in [3.8, 4) is 10.7 Å². The number of H-pyrrole nitrogens is 1. The van der Waals surface area contributed by atoms with Gasteiger partial charge in [-0.15, -0.1) is 10.2 Å². The normalized spacial score (nSPS) is 11.8. The molecule has 0 radical (unpaired) electrons. The summed E-state index contributed by atoms with van der Waals surface area (Å²) in [5.74, 6) is 1.53. The zero-order valence-corrected chi connectivity index (χ0v) is 12.7. The molecule has 0 aliphatic heterocycles. The average Bonchev–Trinajstić information content (AvgIpc) is 3.05. The van der Waals surface area contributed by atoms with Crippen LogP contribution < -0.4 is 0 Å². The number of rotatable bonds is 5. The lowest BCUT2D eigenvalue weighted by Crippen LogP contribution is -1.95. The van der Waals surface area contributed by atoms with Crippen LogP contribution in [0.2, 0.25) is 0 Å². The van der Waals surface area contributed by atoms with E-state index < -0.39 is 0 Å². The van der Waals surface area contributed by atoms with E-state index in [-0.39, 0.29) is 0 Å². The maximum absolute atomic E-state index is 4.58. The lowest BCUT2D eigenvalue weighted by Gasteiger charge is -1.98. The molecule has 0 unspecified atom stereocenters. The SMILES string of the molecule is CCCc1nnc2sc(-c3cc(CC(C)C)[nH]n3)nn12. The Kier molecular flexibility index (Phi) is 3.52. The van der Waals surface area contributed by atoms with Gasteiger partial charge in [0.05, 0.1) is 0 Å². The lowest BCUT2D eigenvalue weighted by molar-refractivity contribution is 0.633. The van der Waals surface area contributed by atoms with Crippen LogP contribution >= 0.6 is 11.3 Å². The third-order valence-electron chi connectivity index (χ3n) is 3.01. The van der Waals surface area contributed by atoms with Crippen molar-refractivity contribution in [3.63, 3.8) is 0 Å². The molecule has 3 heterocycles. The van der Waals surface area contributed by atoms with E-state index in [0.29, 0.717) is 5.92 Å². The van der Waals surface area contributed by atoms with E-state index in [1.807, 2.05) is 4.52 Å². The van der Waals surface area contributed by atoms with Gasteiger partial charge in [0.2, 0.25) is 4.96 Å². The number of nitrogens with zero attached hydrogens (tertiary/aromatic N) is 5. The molecule has 3 aromatic heterocycles. The van der Waals surface area contributed by atoms with Gasteiger partial charge in [-0.1, -0.05) is 32.1 Å². The summed E-state index contributed by atoms with van der Waals surface area (Å²) in [4.78, 5) is 0.830. The van der Waals surface area contributed by atoms with Crippen molar-refractivity contribution >= 4 is 16.3 Å². The van der Waals surface area contributed by atoms with Crippen LogP contribution in [0.25, 0.3) is 15.7 Å². The molecule has 0 aliphatic carbocycles. The van der Waals surface area contributed by atoms with Crippen molar-refractivity contribution in [1.82, 2.24) is 30.0 Å². The molecule has 0 fully saturated rings. The van der Waals surface area contributed by atoms with Crippen LogP contribution in [0, 0.1) is 5.92 Å². The predicted molar refractivity (Wildman–Crippen MR) is 78.8 cm³/mol. The first kappa shape index (κ1) is 13.2. The Labute approximate surface area is 121 Å². The highest BCUT2D eigenvalue weighted by Gasteiger charge is 2.14. The van der Waals surface area contributed by atoms with Gasteiger partial charge in [0.15, 0.2) is 10.8 Å². The van der Waals surface area contributed by atoms with Crippen LogP contribution in [0.5, 0.6) is 0 Å². The fourth-order valence-electron chi connectivity index (χ4n) is 2.16. The standard InChI is InChI=1S/C13H18N6S/c1-4-5-11-16-17-13-19(11)18-12(20-13)10-7-9(14-15-10)6-8(2)3/h7-8H,4-6H2,1-3H3,(H,14,15). The summed E-state index contributed by atoms with van der Waals surface area (Å²) in [6, 6.07) is 2.07. The van der Waals surface area contributed by atoms with Crippen LogP contribution in [0.4, 0.5) is 0 Å². The second kappa shape index (κ2) is 5.32. The molecule has 0 saturated heterocycles. The smallest absolute Gasteiger partial charge is 0.235 e. The monoisotopic (exact) mass is 290 g/mol. The second-order valence-corrected chi connectivity index (χ2v) is 6.30. The number of nitrogens with one attached hydrogen (secondary N) is 1. The lowest BCUT2D eigenvalue weighted by atomic mass is 10.1. The number of hydrogen-bond acceptors (Lipinski definition) is 5. The van der Waals surface area contributed by atoms with Gasteiger partial charge in [-0.2, -0.15) is 14.7 Å². The van der Waals surface area contributed by atoms with Gasteiger partial charge in [-0.05, 0) is 24.8 Å². The molecule has 0 bridgehead atoms. The molecule has 0 aromatic carbocycles. The van der Waals surface area contributed by atoms with Crippen LogP contribution in [0.15, 0.2) is 6.07 Å². The van der Waals surface area contributed by atoms with Gasteiger partial charge in [0.1, 0.15) is 5.69 Å². The number of aromatic nitrogens is 6. The molecule has 0 saturated carbocycles. The van der Waals surface area contributed by atoms with E-state index in [0.717, 1.165) is 46.4 Å². The minimum absolute atomic E-state index is 0.609. The number of fused-ring (bicyclic) bond motifs is 1. The van der Waals surface area contributed by atoms with Crippen molar-refractivity contribution in [2.75, 3.05) is 0 Å². The molecule has 7 heteroatoms. The first-order valence-corrected chi connectivity index (χ1v) is 7.74. The minimum atomic E-state index is 0.609. The Morgan fingerprint density at radius 3 is 2.95 bits per heavy atom. The Bertz CT molecular complexity index is 707. The van der Waals surface area contributed by atoms with Crippen LogP contribution in [0.1, 0.15) is 38.7 Å². The molecule has 20 heavy (non-hydrogen) atoms. The predicted octanol–water partition coefficient (Wildman–Crippen LogP) is 2.73. The Morgan fingerprint density at radius 2 is 2.20 bits per heavy atom. The summed E-state index contributed by atoms with van der Waals surface area (Å²) in [6.07, 6.45) is 2.93. The van der Waals surface area contributed by atoms with Gasteiger partial charge in [-0.3, -0.25) is 5.10 Å². The third kappa shape index (κ3) is 2.45. The number of hydrogen-bond donors (Lipinski definition) is 1. The molecule has 6 nitrogen and oxygen atoms in total. The molecule has 0 aliphatic rings. The average molecular weight is 290 g/mol. The Morgan fingerprint density at radius 1 is 1.35 bits per heavy atom. The quantitative estimate of drug-likeness (QED) is 0.784. The van der Waals surface area contributed by atoms with E-state index in [9.17, 15) is 0 Å². The van der Waals surface area contributed by atoms with Crippen LogP contribution in [-0.2, 0) is 12.8 Å². The molecule has 106 valence electrons.